The Morgan fingerprint density at radius 1 is 0.829 bits per heavy atom. The van der Waals surface area contributed by atoms with Gasteiger partial charge in [-0.2, -0.15) is 0 Å². The molecule has 0 saturated heterocycles. The molecule has 0 amide bonds. The van der Waals surface area contributed by atoms with Crippen LogP contribution in [-0.2, 0) is 17.6 Å². The van der Waals surface area contributed by atoms with Crippen LogP contribution in [0, 0.1) is 0 Å². The minimum absolute atomic E-state index is 0.396. The fourth-order valence-corrected chi connectivity index (χ4v) is 4.18. The van der Waals surface area contributed by atoms with Crippen LogP contribution in [-0.4, -0.2) is 27.4 Å². The maximum Gasteiger partial charge on any atom is 0.309 e. The van der Waals surface area contributed by atoms with Gasteiger partial charge in [0.15, 0.2) is 5.65 Å². The number of hydrogen-bond acceptors (Lipinski definition) is 5. The van der Waals surface area contributed by atoms with E-state index in [1.54, 1.807) is 7.11 Å². The molecule has 3 aromatic carbocycles. The summed E-state index contributed by atoms with van der Waals surface area (Å²) in [5, 5.41) is 0. The van der Waals surface area contributed by atoms with Gasteiger partial charge in [0.1, 0.15) is 11.4 Å². The molecule has 0 aliphatic rings. The zero-order chi connectivity index (χ0) is 24.2. The first-order valence-electron chi connectivity index (χ1n) is 11.4. The minimum atomic E-state index is -0.407. The average Bonchev–Trinajstić information content (AvgIpc) is 3.22. The van der Waals surface area contributed by atoms with Crippen LogP contribution in [0.25, 0.3) is 16.9 Å². The summed E-state index contributed by atoms with van der Waals surface area (Å²) >= 11 is 0. The molecule has 0 spiro atoms. The van der Waals surface area contributed by atoms with Gasteiger partial charge in [-0.15, -0.1) is 0 Å². The quantitative estimate of drug-likeness (QED) is 0.298. The molecule has 0 atom stereocenters. The van der Waals surface area contributed by atoms with E-state index in [-0.39, 0.29) is 0 Å². The van der Waals surface area contributed by atoms with Gasteiger partial charge in [0.25, 0.3) is 0 Å². The van der Waals surface area contributed by atoms with E-state index in [0.29, 0.717) is 30.1 Å². The van der Waals surface area contributed by atoms with Gasteiger partial charge < -0.3 is 9.47 Å². The van der Waals surface area contributed by atoms with Crippen LogP contribution in [0.4, 0.5) is 0 Å². The topological polar surface area (TPSA) is 65.7 Å². The van der Waals surface area contributed by atoms with Crippen molar-refractivity contribution in [3.05, 3.63) is 114 Å². The van der Waals surface area contributed by atoms with Crippen molar-refractivity contribution < 1.29 is 14.3 Å². The zero-order valence-electron chi connectivity index (χ0n) is 19.6. The molecule has 0 unspecified atom stereocenters. The normalized spacial score (nSPS) is 10.9. The van der Waals surface area contributed by atoms with Gasteiger partial charge in [-0.25, -0.2) is 9.97 Å². The van der Waals surface area contributed by atoms with Crippen molar-refractivity contribution in [2.75, 3.05) is 7.11 Å². The summed E-state index contributed by atoms with van der Waals surface area (Å²) in [5.74, 6) is 0.744. The lowest BCUT2D eigenvalue weighted by Gasteiger charge is -2.10. The molecule has 6 nitrogen and oxygen atoms in total. The maximum absolute atomic E-state index is 12.1. The number of methoxy groups -OCH3 is 1. The van der Waals surface area contributed by atoms with E-state index in [1.807, 2.05) is 83.4 Å². The number of hydrogen-bond donors (Lipinski definition) is 0. The third-order valence-corrected chi connectivity index (χ3v) is 5.77. The van der Waals surface area contributed by atoms with Crippen LogP contribution in [0.2, 0.25) is 0 Å². The van der Waals surface area contributed by atoms with E-state index < -0.39 is 5.97 Å². The number of carbonyl (C=O) groups excluding carboxylic acids is 1. The number of nitrogens with zero attached hydrogens (tertiary/aromatic N) is 3. The van der Waals surface area contributed by atoms with E-state index in [0.717, 1.165) is 33.8 Å². The first-order valence-corrected chi connectivity index (χ1v) is 11.4. The number of carbonyl (C=O) groups is 1. The van der Waals surface area contributed by atoms with Crippen LogP contribution < -0.4 is 9.47 Å². The van der Waals surface area contributed by atoms with Crippen LogP contribution in [0.1, 0.15) is 29.4 Å². The summed E-state index contributed by atoms with van der Waals surface area (Å²) in [6, 6.07) is 27.9. The molecule has 0 radical (unpaired) electrons. The third kappa shape index (κ3) is 4.77. The smallest absolute Gasteiger partial charge is 0.309 e. The lowest BCUT2D eigenvalue weighted by atomic mass is 10.1. The summed E-state index contributed by atoms with van der Waals surface area (Å²) < 4.78 is 13.1. The fraction of sp³-hybridized carbons (Fsp3) is 0.138. The summed E-state index contributed by atoms with van der Waals surface area (Å²) in [4.78, 5) is 22.0. The molecule has 5 rings (SSSR count). The molecule has 2 aromatic heterocycles. The van der Waals surface area contributed by atoms with Gasteiger partial charge >= 0.3 is 5.97 Å². The SMILES string of the molecule is COc1ccccc1Cc1nc2c(Cc3ccccc3)nc(-c3ccccc3)cn2c1OC(C)=O. The second-order valence-corrected chi connectivity index (χ2v) is 8.24. The maximum atomic E-state index is 12.1. The predicted molar refractivity (Wildman–Crippen MR) is 135 cm³/mol. The highest BCUT2D eigenvalue weighted by molar-refractivity contribution is 5.71. The molecule has 35 heavy (non-hydrogen) atoms. The second-order valence-electron chi connectivity index (χ2n) is 8.24. The summed E-state index contributed by atoms with van der Waals surface area (Å²) in [7, 11) is 1.64. The van der Waals surface area contributed by atoms with Gasteiger partial charge in [-0.1, -0.05) is 78.9 Å². The molecule has 0 N–H and O–H groups in total. The summed E-state index contributed by atoms with van der Waals surface area (Å²) in [6.07, 6.45) is 2.92. The molecular weight excluding hydrogens is 438 g/mol. The number of aromatic nitrogens is 3. The van der Waals surface area contributed by atoms with E-state index >= 15 is 0 Å². The van der Waals surface area contributed by atoms with Crippen LogP contribution >= 0.6 is 0 Å². The standard InChI is InChI=1S/C29H25N3O3/c1-20(33)35-29-25(18-23-15-9-10-16-27(23)34-2)31-28-24(17-21-11-5-3-6-12-21)30-26(19-32(28)29)22-13-7-4-8-14-22/h3-16,19H,17-18H2,1-2H3. The molecule has 0 bridgehead atoms. The molecule has 0 saturated carbocycles. The first-order chi connectivity index (χ1) is 17.1. The number of ether oxygens (including phenoxy) is 2. The molecule has 5 aromatic rings. The molecule has 0 fully saturated rings. The molecule has 174 valence electrons. The van der Waals surface area contributed by atoms with Gasteiger partial charge in [-0.3, -0.25) is 9.20 Å². The molecule has 2 heterocycles. The van der Waals surface area contributed by atoms with E-state index in [9.17, 15) is 4.79 Å². The predicted octanol–water partition coefficient (Wildman–Crippen LogP) is 5.51. The first kappa shape index (κ1) is 22.3. The lowest BCUT2D eigenvalue weighted by molar-refractivity contribution is -0.132. The Morgan fingerprint density at radius 3 is 2.23 bits per heavy atom. The van der Waals surface area contributed by atoms with Crippen molar-refractivity contribution in [3.63, 3.8) is 0 Å². The number of fused-ring (bicyclic) bond motifs is 1. The van der Waals surface area contributed by atoms with Gasteiger partial charge in [0.2, 0.25) is 5.88 Å². The van der Waals surface area contributed by atoms with Gasteiger partial charge in [0, 0.05) is 37.1 Å². The van der Waals surface area contributed by atoms with Crippen molar-refractivity contribution in [1.82, 2.24) is 14.4 Å². The number of esters is 1. The zero-order valence-corrected chi connectivity index (χ0v) is 19.6. The Hall–Kier alpha value is -4.45. The highest BCUT2D eigenvalue weighted by Crippen LogP contribution is 2.31. The largest absolute Gasteiger partial charge is 0.496 e. The number of para-hydroxylation sites is 1. The van der Waals surface area contributed by atoms with Crippen LogP contribution in [0.5, 0.6) is 11.6 Å². The van der Waals surface area contributed by atoms with E-state index in [1.165, 1.54) is 6.92 Å². The second kappa shape index (κ2) is 9.81. The average molecular weight is 464 g/mol. The fourth-order valence-electron chi connectivity index (χ4n) is 4.18. The Balaban J connectivity index is 1.71. The molecular formula is C29H25N3O3. The van der Waals surface area contributed by atoms with Crippen molar-refractivity contribution in [3.8, 4) is 22.9 Å². The number of benzene rings is 3. The Kier molecular flexibility index (Phi) is 6.26. The van der Waals surface area contributed by atoms with Crippen molar-refractivity contribution in [2.45, 2.75) is 19.8 Å². The van der Waals surface area contributed by atoms with Crippen LogP contribution in [0.3, 0.4) is 0 Å². The van der Waals surface area contributed by atoms with E-state index in [2.05, 4.69) is 12.1 Å². The number of imidazole rings is 1. The van der Waals surface area contributed by atoms with Gasteiger partial charge in [-0.05, 0) is 11.6 Å². The van der Waals surface area contributed by atoms with Crippen LogP contribution in [0.15, 0.2) is 91.1 Å². The van der Waals surface area contributed by atoms with Crippen molar-refractivity contribution in [2.24, 2.45) is 0 Å². The molecule has 0 aliphatic carbocycles. The minimum Gasteiger partial charge on any atom is -0.496 e. The van der Waals surface area contributed by atoms with Crippen molar-refractivity contribution >= 4 is 11.6 Å². The Bertz CT molecular complexity index is 1480. The summed E-state index contributed by atoms with van der Waals surface area (Å²) in [6.45, 7) is 1.40. The molecule has 6 heteroatoms. The third-order valence-electron chi connectivity index (χ3n) is 5.77. The lowest BCUT2D eigenvalue weighted by Crippen LogP contribution is -2.07. The highest BCUT2D eigenvalue weighted by atomic mass is 16.5. The highest BCUT2D eigenvalue weighted by Gasteiger charge is 2.21. The number of rotatable bonds is 7. The molecule has 0 aliphatic heterocycles. The Morgan fingerprint density at radius 2 is 1.51 bits per heavy atom. The van der Waals surface area contributed by atoms with Crippen molar-refractivity contribution in [1.29, 1.82) is 0 Å². The van der Waals surface area contributed by atoms with E-state index in [4.69, 9.17) is 19.4 Å². The summed E-state index contributed by atoms with van der Waals surface area (Å²) in [5.41, 5.74) is 5.93. The van der Waals surface area contributed by atoms with Gasteiger partial charge in [0.05, 0.1) is 18.5 Å². The monoisotopic (exact) mass is 463 g/mol. The Labute approximate surface area is 203 Å².